The molecule has 0 spiro atoms. The molecule has 28 heavy (non-hydrogen) atoms. The largest absolute Gasteiger partial charge is 0.573 e. The zero-order valence-corrected chi connectivity index (χ0v) is 16.1. The smallest absolute Gasteiger partial charge is 0.403 e. The Morgan fingerprint density at radius 1 is 0.964 bits per heavy atom. The van der Waals surface area contributed by atoms with Crippen molar-refractivity contribution in [1.29, 1.82) is 0 Å². The fourth-order valence-electron chi connectivity index (χ4n) is 5.41. The fourth-order valence-corrected chi connectivity index (χ4v) is 5.41. The van der Waals surface area contributed by atoms with Crippen LogP contribution in [0.15, 0.2) is 30.3 Å². The van der Waals surface area contributed by atoms with Gasteiger partial charge in [0, 0.05) is 5.39 Å². The molecule has 0 N–H and O–H groups in total. The molecule has 2 saturated carbocycles. The first-order chi connectivity index (χ1) is 13.3. The molecular formula is C23H26F4O. The summed E-state index contributed by atoms with van der Waals surface area (Å²) in [4.78, 5) is 0. The van der Waals surface area contributed by atoms with E-state index in [2.05, 4.69) is 11.7 Å². The van der Waals surface area contributed by atoms with Gasteiger partial charge in [-0.3, -0.25) is 0 Å². The van der Waals surface area contributed by atoms with Crippen molar-refractivity contribution >= 4 is 10.8 Å². The molecule has 4 rings (SSSR count). The molecule has 2 aliphatic rings. The minimum Gasteiger partial charge on any atom is -0.403 e. The molecule has 4 unspecified atom stereocenters. The van der Waals surface area contributed by atoms with Gasteiger partial charge in [-0.2, -0.15) is 0 Å². The third kappa shape index (κ3) is 3.99. The second-order valence-corrected chi connectivity index (χ2v) is 8.52. The summed E-state index contributed by atoms with van der Waals surface area (Å²) in [5, 5.41) is 0.795. The summed E-state index contributed by atoms with van der Waals surface area (Å²) in [6.45, 7) is 2.29. The first-order valence-electron chi connectivity index (χ1n) is 10.3. The third-order valence-electron chi connectivity index (χ3n) is 6.94. The molecule has 2 aromatic rings. The van der Waals surface area contributed by atoms with E-state index in [0.717, 1.165) is 30.2 Å². The SMILES string of the molecule is CCC1CCC2CC(c3ccc4c(F)c(OC(F)(F)F)ccc4c3)CCC2C1. The quantitative estimate of drug-likeness (QED) is 0.487. The van der Waals surface area contributed by atoms with Crippen molar-refractivity contribution in [3.05, 3.63) is 41.7 Å². The standard InChI is InChI=1S/C23H26F4O/c1-2-14-3-4-16-12-17(6-5-15(16)11-14)18-7-9-20-19(13-18)8-10-21(22(20)24)28-23(25,26)27/h7-10,13-17H,2-6,11-12H2,1H3. The van der Waals surface area contributed by atoms with Crippen molar-refractivity contribution in [2.45, 2.75) is 64.1 Å². The molecule has 0 aromatic heterocycles. The van der Waals surface area contributed by atoms with Crippen LogP contribution in [0.3, 0.4) is 0 Å². The molecule has 2 aliphatic carbocycles. The Hall–Kier alpha value is -1.78. The Labute approximate surface area is 163 Å². The van der Waals surface area contributed by atoms with E-state index < -0.39 is 17.9 Å². The van der Waals surface area contributed by atoms with Gasteiger partial charge in [0.05, 0.1) is 0 Å². The summed E-state index contributed by atoms with van der Waals surface area (Å²) in [6.07, 6.45) is 3.93. The maximum atomic E-state index is 14.4. The van der Waals surface area contributed by atoms with Gasteiger partial charge in [0.2, 0.25) is 0 Å². The summed E-state index contributed by atoms with van der Waals surface area (Å²) in [5.41, 5.74) is 1.17. The molecule has 0 bridgehead atoms. The monoisotopic (exact) mass is 394 g/mol. The van der Waals surface area contributed by atoms with E-state index in [1.165, 1.54) is 50.2 Å². The minimum absolute atomic E-state index is 0.169. The van der Waals surface area contributed by atoms with Gasteiger partial charge < -0.3 is 4.74 Å². The Morgan fingerprint density at radius 2 is 1.71 bits per heavy atom. The average Bonchev–Trinajstić information content (AvgIpc) is 2.68. The van der Waals surface area contributed by atoms with Gasteiger partial charge in [-0.25, -0.2) is 4.39 Å². The molecule has 2 fully saturated rings. The lowest BCUT2D eigenvalue weighted by Crippen LogP contribution is -2.30. The van der Waals surface area contributed by atoms with Crippen LogP contribution < -0.4 is 4.74 Å². The highest BCUT2D eigenvalue weighted by molar-refractivity contribution is 5.85. The van der Waals surface area contributed by atoms with Crippen LogP contribution in [0.2, 0.25) is 0 Å². The lowest BCUT2D eigenvalue weighted by molar-refractivity contribution is -0.275. The van der Waals surface area contributed by atoms with Crippen LogP contribution in [-0.4, -0.2) is 6.36 Å². The van der Waals surface area contributed by atoms with Crippen molar-refractivity contribution in [3.63, 3.8) is 0 Å². The number of ether oxygens (including phenoxy) is 1. The van der Waals surface area contributed by atoms with Crippen LogP contribution >= 0.6 is 0 Å². The molecule has 0 aliphatic heterocycles. The normalized spacial score (nSPS) is 28.2. The summed E-state index contributed by atoms with van der Waals surface area (Å²) >= 11 is 0. The van der Waals surface area contributed by atoms with Crippen molar-refractivity contribution in [2.24, 2.45) is 17.8 Å². The van der Waals surface area contributed by atoms with Gasteiger partial charge in [-0.05, 0) is 72.8 Å². The molecule has 152 valence electrons. The maximum absolute atomic E-state index is 14.4. The maximum Gasteiger partial charge on any atom is 0.573 e. The molecule has 5 heteroatoms. The zero-order chi connectivity index (χ0) is 19.9. The Bertz CT molecular complexity index is 844. The number of benzene rings is 2. The van der Waals surface area contributed by atoms with Crippen LogP contribution in [0.5, 0.6) is 5.75 Å². The van der Waals surface area contributed by atoms with E-state index in [1.807, 2.05) is 12.1 Å². The van der Waals surface area contributed by atoms with E-state index in [-0.39, 0.29) is 5.39 Å². The highest BCUT2D eigenvalue weighted by atomic mass is 19.4. The summed E-state index contributed by atoms with van der Waals surface area (Å²) in [5.74, 6) is 1.22. The fraction of sp³-hybridized carbons (Fsp3) is 0.565. The van der Waals surface area contributed by atoms with Crippen molar-refractivity contribution < 1.29 is 22.3 Å². The number of rotatable bonds is 3. The number of fused-ring (bicyclic) bond motifs is 2. The molecular weight excluding hydrogens is 368 g/mol. The second kappa shape index (κ2) is 7.57. The van der Waals surface area contributed by atoms with Gasteiger partial charge >= 0.3 is 6.36 Å². The van der Waals surface area contributed by atoms with Gasteiger partial charge in [-0.15, -0.1) is 13.2 Å². The molecule has 1 nitrogen and oxygen atoms in total. The number of hydrogen-bond donors (Lipinski definition) is 0. The summed E-state index contributed by atoms with van der Waals surface area (Å²) in [6, 6.07) is 8.01. The first-order valence-corrected chi connectivity index (χ1v) is 10.3. The van der Waals surface area contributed by atoms with Crippen LogP contribution in [0.4, 0.5) is 17.6 Å². The second-order valence-electron chi connectivity index (χ2n) is 8.52. The van der Waals surface area contributed by atoms with Gasteiger partial charge in [0.15, 0.2) is 11.6 Å². The topological polar surface area (TPSA) is 9.23 Å². The molecule has 4 atom stereocenters. The summed E-state index contributed by atoms with van der Waals surface area (Å²) < 4.78 is 55.5. The highest BCUT2D eigenvalue weighted by Gasteiger charge is 2.36. The van der Waals surface area contributed by atoms with Gasteiger partial charge in [0.25, 0.3) is 0 Å². The molecule has 0 amide bonds. The van der Waals surface area contributed by atoms with Crippen LogP contribution in [0.25, 0.3) is 10.8 Å². The van der Waals surface area contributed by atoms with E-state index >= 15 is 0 Å². The lowest BCUT2D eigenvalue weighted by Gasteiger charge is -2.42. The number of alkyl halides is 3. The number of hydrogen-bond acceptors (Lipinski definition) is 1. The van der Waals surface area contributed by atoms with Gasteiger partial charge in [0.1, 0.15) is 0 Å². The molecule has 0 heterocycles. The number of halogens is 4. The Kier molecular flexibility index (Phi) is 5.28. The first kappa shape index (κ1) is 19.5. The van der Waals surface area contributed by atoms with Crippen molar-refractivity contribution in [3.8, 4) is 5.75 Å². The zero-order valence-electron chi connectivity index (χ0n) is 16.1. The lowest BCUT2D eigenvalue weighted by atomic mass is 9.63. The van der Waals surface area contributed by atoms with E-state index in [1.54, 1.807) is 6.07 Å². The molecule has 0 radical (unpaired) electrons. The van der Waals surface area contributed by atoms with E-state index in [4.69, 9.17) is 0 Å². The van der Waals surface area contributed by atoms with Gasteiger partial charge in [-0.1, -0.05) is 44.0 Å². The van der Waals surface area contributed by atoms with E-state index in [9.17, 15) is 17.6 Å². The van der Waals surface area contributed by atoms with Crippen molar-refractivity contribution in [1.82, 2.24) is 0 Å². The van der Waals surface area contributed by atoms with Crippen LogP contribution in [0, 0.1) is 23.6 Å². The highest BCUT2D eigenvalue weighted by Crippen LogP contribution is 2.48. The average molecular weight is 394 g/mol. The predicted octanol–water partition coefficient (Wildman–Crippen LogP) is 7.59. The van der Waals surface area contributed by atoms with Crippen molar-refractivity contribution in [2.75, 3.05) is 0 Å². The predicted molar refractivity (Wildman–Crippen MR) is 102 cm³/mol. The summed E-state index contributed by atoms with van der Waals surface area (Å²) in [7, 11) is 0. The molecule has 0 saturated heterocycles. The third-order valence-corrected chi connectivity index (χ3v) is 6.94. The van der Waals surface area contributed by atoms with E-state index in [0.29, 0.717) is 11.3 Å². The Morgan fingerprint density at radius 3 is 2.46 bits per heavy atom. The van der Waals surface area contributed by atoms with Crippen LogP contribution in [0.1, 0.15) is 63.4 Å². The Balaban J connectivity index is 1.53. The molecule has 2 aromatic carbocycles. The van der Waals surface area contributed by atoms with Crippen LogP contribution in [-0.2, 0) is 0 Å². The minimum atomic E-state index is -4.90.